The molecular weight excluding hydrogens is 450 g/mol. The van der Waals surface area contributed by atoms with Crippen LogP contribution in [0.25, 0.3) is 22.3 Å². The fourth-order valence-electron chi connectivity index (χ4n) is 4.79. The van der Waals surface area contributed by atoms with Gasteiger partial charge in [0.1, 0.15) is 0 Å². The highest BCUT2D eigenvalue weighted by molar-refractivity contribution is 5.91. The molecule has 2 nitrogen and oxygen atoms in total. The monoisotopic (exact) mass is 489 g/mol. The zero-order valence-electron chi connectivity index (χ0n) is 22.3. The van der Waals surface area contributed by atoms with E-state index in [0.717, 1.165) is 24.1 Å². The molecule has 4 rings (SSSR count). The minimum Gasteiger partial charge on any atom is -0.326 e. The summed E-state index contributed by atoms with van der Waals surface area (Å²) in [5.41, 5.74) is 8.30. The Bertz CT molecular complexity index is 1230. The van der Waals surface area contributed by atoms with Crippen LogP contribution in [0.5, 0.6) is 0 Å². The molecule has 0 heterocycles. The highest BCUT2D eigenvalue weighted by Gasteiger charge is 2.10. The molecule has 1 unspecified atom stereocenters. The molecule has 0 aliphatic rings. The van der Waals surface area contributed by atoms with Crippen LogP contribution < -0.4 is 5.32 Å². The lowest BCUT2D eigenvalue weighted by atomic mass is 9.90. The van der Waals surface area contributed by atoms with Crippen molar-refractivity contribution in [1.29, 1.82) is 0 Å². The molecule has 4 aromatic rings. The third-order valence-corrected chi connectivity index (χ3v) is 7.19. The highest BCUT2D eigenvalue weighted by Crippen LogP contribution is 2.29. The first kappa shape index (κ1) is 26.4. The second kappa shape index (κ2) is 13.6. The van der Waals surface area contributed by atoms with Crippen molar-refractivity contribution in [2.24, 2.45) is 0 Å². The lowest BCUT2D eigenvalue weighted by Crippen LogP contribution is -2.10. The molecule has 2 heteroatoms. The van der Waals surface area contributed by atoms with Crippen LogP contribution in [-0.2, 0) is 4.79 Å². The summed E-state index contributed by atoms with van der Waals surface area (Å²) in [5.74, 6) is 0.432. The number of nitrogens with one attached hydrogen (secondary N) is 1. The van der Waals surface area contributed by atoms with Crippen molar-refractivity contribution in [3.05, 3.63) is 114 Å². The maximum atomic E-state index is 12.3. The van der Waals surface area contributed by atoms with Gasteiger partial charge in [-0.15, -0.1) is 0 Å². The molecule has 0 fully saturated rings. The number of rotatable bonds is 12. The smallest absolute Gasteiger partial charge is 0.224 e. The van der Waals surface area contributed by atoms with E-state index in [9.17, 15) is 4.79 Å². The van der Waals surface area contributed by atoms with E-state index in [2.05, 4.69) is 104 Å². The van der Waals surface area contributed by atoms with Gasteiger partial charge in [0.15, 0.2) is 0 Å². The Morgan fingerprint density at radius 2 is 1.05 bits per heavy atom. The summed E-state index contributed by atoms with van der Waals surface area (Å²) in [4.78, 5) is 12.3. The molecule has 0 saturated carbocycles. The number of unbranched alkanes of at least 4 members (excludes halogenated alkanes) is 5. The van der Waals surface area contributed by atoms with Crippen molar-refractivity contribution in [3.63, 3.8) is 0 Å². The van der Waals surface area contributed by atoms with Gasteiger partial charge in [-0.05, 0) is 51.9 Å². The van der Waals surface area contributed by atoms with Gasteiger partial charge in [-0.2, -0.15) is 0 Å². The van der Waals surface area contributed by atoms with Gasteiger partial charge in [0.25, 0.3) is 0 Å². The maximum Gasteiger partial charge on any atom is 0.224 e. The average Bonchev–Trinajstić information content (AvgIpc) is 2.95. The summed E-state index contributed by atoms with van der Waals surface area (Å²) in [6.07, 6.45) is 7.76. The maximum absolute atomic E-state index is 12.3. The Labute approximate surface area is 222 Å². The predicted octanol–water partition coefficient (Wildman–Crippen LogP) is 9.86. The summed E-state index contributed by atoms with van der Waals surface area (Å²) in [7, 11) is 0. The van der Waals surface area contributed by atoms with Crippen molar-refractivity contribution < 1.29 is 4.79 Å². The van der Waals surface area contributed by atoms with Gasteiger partial charge in [0.2, 0.25) is 5.91 Å². The number of benzene rings is 4. The Morgan fingerprint density at radius 1 is 0.595 bits per heavy atom. The number of hydrogen-bond acceptors (Lipinski definition) is 1. The fraction of sp³-hybridized carbons (Fsp3) is 0.286. The quantitative estimate of drug-likeness (QED) is 0.197. The van der Waals surface area contributed by atoms with E-state index in [0.29, 0.717) is 12.3 Å². The van der Waals surface area contributed by atoms with E-state index in [1.54, 1.807) is 0 Å². The Balaban J connectivity index is 1.30. The normalized spacial score (nSPS) is 11.7. The topological polar surface area (TPSA) is 29.1 Å². The highest BCUT2D eigenvalue weighted by atomic mass is 16.1. The second-order valence-electron chi connectivity index (χ2n) is 9.98. The Morgan fingerprint density at radius 3 is 1.59 bits per heavy atom. The van der Waals surface area contributed by atoms with Crippen LogP contribution in [-0.4, -0.2) is 5.91 Å². The minimum absolute atomic E-state index is 0.110. The van der Waals surface area contributed by atoms with E-state index in [1.165, 1.54) is 53.5 Å². The average molecular weight is 490 g/mol. The minimum atomic E-state index is 0.110. The van der Waals surface area contributed by atoms with E-state index >= 15 is 0 Å². The summed E-state index contributed by atoms with van der Waals surface area (Å²) < 4.78 is 0. The molecule has 190 valence electrons. The largest absolute Gasteiger partial charge is 0.326 e. The molecule has 1 amide bonds. The molecule has 37 heavy (non-hydrogen) atoms. The van der Waals surface area contributed by atoms with E-state index in [-0.39, 0.29) is 5.91 Å². The van der Waals surface area contributed by atoms with Gasteiger partial charge in [-0.1, -0.05) is 137 Å². The summed E-state index contributed by atoms with van der Waals surface area (Å²) in [6.45, 7) is 4.48. The molecule has 0 spiro atoms. The molecule has 1 atom stereocenters. The van der Waals surface area contributed by atoms with Crippen molar-refractivity contribution >= 4 is 11.6 Å². The molecule has 0 aromatic heterocycles. The first-order valence-corrected chi connectivity index (χ1v) is 13.8. The molecule has 0 bridgehead atoms. The first-order valence-electron chi connectivity index (χ1n) is 13.8. The number of hydrogen-bond donors (Lipinski definition) is 1. The van der Waals surface area contributed by atoms with Gasteiger partial charge in [-0.25, -0.2) is 0 Å². The number of carbonyl (C=O) groups is 1. The zero-order valence-corrected chi connectivity index (χ0v) is 22.3. The second-order valence-corrected chi connectivity index (χ2v) is 9.98. The van der Waals surface area contributed by atoms with Crippen LogP contribution in [0.15, 0.2) is 103 Å². The van der Waals surface area contributed by atoms with Gasteiger partial charge >= 0.3 is 0 Å². The van der Waals surface area contributed by atoms with Crippen molar-refractivity contribution in [2.75, 3.05) is 5.32 Å². The molecule has 4 aromatic carbocycles. The van der Waals surface area contributed by atoms with E-state index < -0.39 is 0 Å². The third kappa shape index (κ3) is 7.67. The molecular formula is C35H39NO. The Kier molecular flexibility index (Phi) is 9.71. The Hall–Kier alpha value is -3.65. The van der Waals surface area contributed by atoms with Crippen LogP contribution in [0.1, 0.15) is 75.8 Å². The summed E-state index contributed by atoms with van der Waals surface area (Å²) >= 11 is 0. The summed E-state index contributed by atoms with van der Waals surface area (Å²) in [5, 5.41) is 3.04. The molecule has 0 radical (unpaired) electrons. The van der Waals surface area contributed by atoms with Crippen molar-refractivity contribution in [2.45, 2.75) is 64.7 Å². The summed E-state index contributed by atoms with van der Waals surface area (Å²) in [6, 6.07) is 36.4. The van der Waals surface area contributed by atoms with E-state index in [4.69, 9.17) is 0 Å². The lowest BCUT2D eigenvalue weighted by molar-refractivity contribution is -0.116. The molecule has 1 N–H and O–H groups in total. The van der Waals surface area contributed by atoms with Crippen LogP contribution in [0.2, 0.25) is 0 Å². The van der Waals surface area contributed by atoms with E-state index in [1.807, 2.05) is 18.2 Å². The van der Waals surface area contributed by atoms with Gasteiger partial charge in [0, 0.05) is 18.0 Å². The number of amides is 1. The fourth-order valence-corrected chi connectivity index (χ4v) is 4.79. The predicted molar refractivity (Wildman–Crippen MR) is 158 cm³/mol. The number of carbonyl (C=O) groups excluding carboxylic acids is 1. The standard InChI is InChI=1S/C35H39NO/c1-3-4-5-6-7-11-14-35(37)36-34-25-23-33(24-26-34)32-21-17-29(18-22-32)27(2)28-15-19-31(20-16-28)30-12-9-8-10-13-30/h8-10,12-13,15-27H,3-7,11,14H2,1-2H3,(H,36,37). The van der Waals surface area contributed by atoms with Gasteiger partial charge in [0.05, 0.1) is 0 Å². The third-order valence-electron chi connectivity index (χ3n) is 7.19. The van der Waals surface area contributed by atoms with Crippen molar-refractivity contribution in [1.82, 2.24) is 0 Å². The van der Waals surface area contributed by atoms with Gasteiger partial charge < -0.3 is 5.32 Å². The molecule has 0 saturated heterocycles. The van der Waals surface area contributed by atoms with Crippen LogP contribution in [0.4, 0.5) is 5.69 Å². The van der Waals surface area contributed by atoms with Crippen LogP contribution in [0.3, 0.4) is 0 Å². The van der Waals surface area contributed by atoms with Crippen LogP contribution >= 0.6 is 0 Å². The number of anilines is 1. The molecule has 0 aliphatic carbocycles. The SMILES string of the molecule is CCCCCCCCC(=O)Nc1ccc(-c2ccc(C(C)c3ccc(-c4ccccc4)cc3)cc2)cc1. The lowest BCUT2D eigenvalue weighted by Gasteiger charge is -2.14. The first-order chi connectivity index (χ1) is 18.1. The zero-order chi connectivity index (χ0) is 25.9. The van der Waals surface area contributed by atoms with Crippen LogP contribution in [0, 0.1) is 0 Å². The van der Waals surface area contributed by atoms with Crippen molar-refractivity contribution in [3.8, 4) is 22.3 Å². The van der Waals surface area contributed by atoms with Gasteiger partial charge in [-0.3, -0.25) is 4.79 Å². The molecule has 0 aliphatic heterocycles.